The van der Waals surface area contributed by atoms with Gasteiger partial charge in [0.1, 0.15) is 0 Å². The summed E-state index contributed by atoms with van der Waals surface area (Å²) in [6.45, 7) is 8.28. The molecule has 1 aromatic rings. The maximum atomic E-state index is 5.68. The van der Waals surface area contributed by atoms with Crippen molar-refractivity contribution in [2.24, 2.45) is 5.92 Å². The minimum Gasteiger partial charge on any atom is -0.399 e. The van der Waals surface area contributed by atoms with E-state index in [-0.39, 0.29) is 0 Å². The second-order valence-electron chi connectivity index (χ2n) is 4.86. The highest BCUT2D eigenvalue weighted by Gasteiger charge is 2.07. The molecule has 0 heterocycles. The highest BCUT2D eigenvalue weighted by Crippen LogP contribution is 2.10. The van der Waals surface area contributed by atoms with Gasteiger partial charge < -0.3 is 10.5 Å². The lowest BCUT2D eigenvalue weighted by Gasteiger charge is -2.24. The van der Waals surface area contributed by atoms with Crippen LogP contribution in [0.15, 0.2) is 24.3 Å². The van der Waals surface area contributed by atoms with Gasteiger partial charge in [-0.3, -0.25) is 4.90 Å². The van der Waals surface area contributed by atoms with E-state index in [0.717, 1.165) is 31.9 Å². The number of hydrogen-bond acceptors (Lipinski definition) is 3. The highest BCUT2D eigenvalue weighted by atomic mass is 16.5. The highest BCUT2D eigenvalue weighted by molar-refractivity contribution is 5.39. The first-order chi connectivity index (χ1) is 8.11. The van der Waals surface area contributed by atoms with E-state index < -0.39 is 0 Å². The van der Waals surface area contributed by atoms with Crippen LogP contribution in [0.5, 0.6) is 0 Å². The van der Waals surface area contributed by atoms with Gasteiger partial charge in [-0.15, -0.1) is 0 Å². The predicted molar refractivity (Wildman–Crippen MR) is 72.8 cm³/mol. The van der Waals surface area contributed by atoms with E-state index in [4.69, 9.17) is 10.5 Å². The fourth-order valence-electron chi connectivity index (χ4n) is 1.85. The molecule has 0 saturated heterocycles. The van der Waals surface area contributed by atoms with Crippen LogP contribution < -0.4 is 5.73 Å². The van der Waals surface area contributed by atoms with Crippen LogP contribution >= 0.6 is 0 Å². The molecular weight excluding hydrogens is 212 g/mol. The van der Waals surface area contributed by atoms with Crippen molar-refractivity contribution in [2.45, 2.75) is 20.4 Å². The molecule has 3 heteroatoms. The van der Waals surface area contributed by atoms with Crippen molar-refractivity contribution in [3.8, 4) is 0 Å². The standard InChI is InChI=1S/C14H24N2O/c1-12(2)10-16(8-9-17-3)11-13-4-6-14(15)7-5-13/h4-7,12H,8-11,15H2,1-3H3. The Balaban J connectivity index is 2.54. The molecule has 0 atom stereocenters. The summed E-state index contributed by atoms with van der Waals surface area (Å²) in [7, 11) is 1.75. The van der Waals surface area contributed by atoms with Crippen LogP contribution in [-0.4, -0.2) is 31.7 Å². The van der Waals surface area contributed by atoms with Gasteiger partial charge in [-0.1, -0.05) is 26.0 Å². The molecule has 3 nitrogen and oxygen atoms in total. The van der Waals surface area contributed by atoms with Crippen LogP contribution in [0.1, 0.15) is 19.4 Å². The van der Waals surface area contributed by atoms with Crippen molar-refractivity contribution in [3.63, 3.8) is 0 Å². The maximum absolute atomic E-state index is 5.68. The van der Waals surface area contributed by atoms with Crippen LogP contribution in [0.25, 0.3) is 0 Å². The number of rotatable bonds is 7. The molecule has 0 radical (unpaired) electrons. The molecule has 0 aliphatic carbocycles. The number of hydrogen-bond donors (Lipinski definition) is 1. The SMILES string of the molecule is COCCN(Cc1ccc(N)cc1)CC(C)C. The van der Waals surface area contributed by atoms with E-state index >= 15 is 0 Å². The normalized spacial score (nSPS) is 11.4. The molecule has 0 amide bonds. The summed E-state index contributed by atoms with van der Waals surface area (Å²) in [4.78, 5) is 2.42. The Morgan fingerprint density at radius 3 is 2.41 bits per heavy atom. The lowest BCUT2D eigenvalue weighted by Crippen LogP contribution is -2.30. The summed E-state index contributed by atoms with van der Waals surface area (Å²) in [5.41, 5.74) is 7.81. The van der Waals surface area contributed by atoms with Crippen LogP contribution in [0.2, 0.25) is 0 Å². The van der Waals surface area contributed by atoms with E-state index in [1.165, 1.54) is 5.56 Å². The molecule has 1 rings (SSSR count). The van der Waals surface area contributed by atoms with Crippen LogP contribution in [0, 0.1) is 5.92 Å². The van der Waals surface area contributed by atoms with Crippen LogP contribution in [0.4, 0.5) is 5.69 Å². The molecule has 96 valence electrons. The molecule has 0 spiro atoms. The molecule has 17 heavy (non-hydrogen) atoms. The molecule has 0 fully saturated rings. The van der Waals surface area contributed by atoms with Gasteiger partial charge in [0.15, 0.2) is 0 Å². The van der Waals surface area contributed by atoms with Crippen molar-refractivity contribution in [1.82, 2.24) is 4.90 Å². The third-order valence-electron chi connectivity index (χ3n) is 2.62. The fraction of sp³-hybridized carbons (Fsp3) is 0.571. The quantitative estimate of drug-likeness (QED) is 0.739. The predicted octanol–water partition coefficient (Wildman–Crippen LogP) is 2.37. The third-order valence-corrected chi connectivity index (χ3v) is 2.62. The van der Waals surface area contributed by atoms with Gasteiger partial charge in [-0.25, -0.2) is 0 Å². The number of methoxy groups -OCH3 is 1. The topological polar surface area (TPSA) is 38.5 Å². The molecule has 0 saturated carbocycles. The summed E-state index contributed by atoms with van der Waals surface area (Å²) < 4.78 is 5.15. The van der Waals surface area contributed by atoms with Gasteiger partial charge >= 0.3 is 0 Å². The zero-order valence-corrected chi connectivity index (χ0v) is 11.1. The number of nitrogens with zero attached hydrogens (tertiary/aromatic N) is 1. The molecule has 1 aromatic carbocycles. The number of benzene rings is 1. The number of nitrogens with two attached hydrogens (primary N) is 1. The number of ether oxygens (including phenoxy) is 1. The van der Waals surface area contributed by atoms with Crippen LogP contribution in [0.3, 0.4) is 0 Å². The molecule has 0 aromatic heterocycles. The second-order valence-corrected chi connectivity index (χ2v) is 4.86. The zero-order chi connectivity index (χ0) is 12.7. The van der Waals surface area contributed by atoms with Gasteiger partial charge in [0.25, 0.3) is 0 Å². The van der Waals surface area contributed by atoms with E-state index in [1.54, 1.807) is 7.11 Å². The van der Waals surface area contributed by atoms with Gasteiger partial charge in [-0.2, -0.15) is 0 Å². The van der Waals surface area contributed by atoms with Gasteiger partial charge in [0.05, 0.1) is 6.61 Å². The molecule has 0 unspecified atom stereocenters. The average molecular weight is 236 g/mol. The molecule has 0 bridgehead atoms. The van der Waals surface area contributed by atoms with Gasteiger partial charge in [0.2, 0.25) is 0 Å². The lowest BCUT2D eigenvalue weighted by molar-refractivity contribution is 0.136. The van der Waals surface area contributed by atoms with Crippen molar-refractivity contribution in [1.29, 1.82) is 0 Å². The van der Waals surface area contributed by atoms with Crippen molar-refractivity contribution >= 4 is 5.69 Å². The summed E-state index contributed by atoms with van der Waals surface area (Å²) >= 11 is 0. The maximum Gasteiger partial charge on any atom is 0.0589 e. The minimum atomic E-state index is 0.667. The lowest BCUT2D eigenvalue weighted by atomic mass is 10.1. The second kappa shape index (κ2) is 7.30. The Morgan fingerprint density at radius 2 is 1.88 bits per heavy atom. The monoisotopic (exact) mass is 236 g/mol. The zero-order valence-electron chi connectivity index (χ0n) is 11.1. The largest absolute Gasteiger partial charge is 0.399 e. The van der Waals surface area contributed by atoms with Crippen molar-refractivity contribution in [2.75, 3.05) is 32.5 Å². The summed E-state index contributed by atoms with van der Waals surface area (Å²) in [6.07, 6.45) is 0. The first-order valence-corrected chi connectivity index (χ1v) is 6.17. The Labute approximate surface area is 105 Å². The molecule has 0 aliphatic heterocycles. The van der Waals surface area contributed by atoms with Gasteiger partial charge in [0, 0.05) is 32.4 Å². The van der Waals surface area contributed by atoms with E-state index in [1.807, 2.05) is 12.1 Å². The molecular formula is C14H24N2O. The Morgan fingerprint density at radius 1 is 1.24 bits per heavy atom. The van der Waals surface area contributed by atoms with Gasteiger partial charge in [-0.05, 0) is 23.6 Å². The third kappa shape index (κ3) is 5.71. The average Bonchev–Trinajstić information content (AvgIpc) is 2.28. The summed E-state index contributed by atoms with van der Waals surface area (Å²) in [5.74, 6) is 0.667. The summed E-state index contributed by atoms with van der Waals surface area (Å²) in [5, 5.41) is 0. The first kappa shape index (κ1) is 14.0. The Bertz CT molecular complexity index is 309. The Hall–Kier alpha value is -1.06. The molecule has 2 N–H and O–H groups in total. The van der Waals surface area contributed by atoms with E-state index in [0.29, 0.717) is 5.92 Å². The number of anilines is 1. The summed E-state index contributed by atoms with van der Waals surface area (Å²) in [6, 6.07) is 8.10. The first-order valence-electron chi connectivity index (χ1n) is 6.17. The van der Waals surface area contributed by atoms with E-state index in [2.05, 4.69) is 30.9 Å². The smallest absolute Gasteiger partial charge is 0.0589 e. The number of nitrogen functional groups attached to an aromatic ring is 1. The minimum absolute atomic E-state index is 0.667. The molecule has 0 aliphatic rings. The Kier molecular flexibility index (Phi) is 6.01. The fourth-order valence-corrected chi connectivity index (χ4v) is 1.85. The van der Waals surface area contributed by atoms with Crippen molar-refractivity contribution in [3.05, 3.63) is 29.8 Å². The van der Waals surface area contributed by atoms with Crippen molar-refractivity contribution < 1.29 is 4.74 Å². The van der Waals surface area contributed by atoms with Crippen LogP contribution in [-0.2, 0) is 11.3 Å². The van der Waals surface area contributed by atoms with E-state index in [9.17, 15) is 0 Å².